The largest absolute Gasteiger partial charge is 0.384 e. The molecule has 0 amide bonds. The maximum atomic E-state index is 10.7. The summed E-state index contributed by atoms with van der Waals surface area (Å²) >= 11 is 5.91. The van der Waals surface area contributed by atoms with Crippen LogP contribution in [0.2, 0.25) is 5.02 Å². The normalized spacial score (nSPS) is 12.4. The second-order valence-corrected chi connectivity index (χ2v) is 6.69. The molecule has 26 heavy (non-hydrogen) atoms. The van der Waals surface area contributed by atoms with Gasteiger partial charge in [-0.1, -0.05) is 29.8 Å². The van der Waals surface area contributed by atoms with Crippen LogP contribution in [-0.4, -0.2) is 20.1 Å². The van der Waals surface area contributed by atoms with Crippen LogP contribution in [0.4, 0.5) is 0 Å². The molecule has 0 aliphatic rings. The molecular formula is C21H18ClN3O. The average molecular weight is 364 g/mol. The minimum absolute atomic E-state index is 0.731. The molecule has 4 aromatic rings. The number of hydrogen-bond acceptors (Lipinski definition) is 3. The minimum atomic E-state index is -0.731. The smallest absolute Gasteiger partial charge is 0.137 e. The molecule has 1 aromatic carbocycles. The molecule has 0 aliphatic carbocycles. The lowest BCUT2D eigenvalue weighted by molar-refractivity contribution is 0.221. The number of aromatic nitrogens is 3. The molecule has 0 spiro atoms. The van der Waals surface area contributed by atoms with Gasteiger partial charge in [0.05, 0.1) is 0 Å². The Labute approximate surface area is 156 Å². The highest BCUT2D eigenvalue weighted by atomic mass is 35.5. The first-order chi connectivity index (χ1) is 12.7. The van der Waals surface area contributed by atoms with Gasteiger partial charge >= 0.3 is 0 Å². The molecule has 4 nitrogen and oxygen atoms in total. The highest BCUT2D eigenvalue weighted by Crippen LogP contribution is 2.27. The first-order valence-corrected chi connectivity index (χ1v) is 8.88. The molecule has 0 saturated carbocycles. The fraction of sp³-hybridized carbons (Fsp3) is 0.143. The molecule has 0 bridgehead atoms. The summed E-state index contributed by atoms with van der Waals surface area (Å²) < 4.78 is 0. The van der Waals surface area contributed by atoms with Crippen LogP contribution < -0.4 is 0 Å². The standard InChI is InChI=1S/C21H18ClN3O/c22-16-7-3-14(4-8-16)5-9-17-10-6-15(12-24-17)20(26)19-13-25-21-18(19)2-1-11-23-21/h1-4,6-8,10-13,20,26H,5,9H2,(H,23,25). The number of rotatable bonds is 5. The number of nitrogens with zero attached hydrogens (tertiary/aromatic N) is 2. The van der Waals surface area contributed by atoms with E-state index in [1.54, 1.807) is 18.6 Å². The summed E-state index contributed by atoms with van der Waals surface area (Å²) in [5.41, 5.74) is 4.58. The maximum Gasteiger partial charge on any atom is 0.137 e. The predicted octanol–water partition coefficient (Wildman–Crippen LogP) is 4.48. The zero-order valence-electron chi connectivity index (χ0n) is 14.1. The van der Waals surface area contributed by atoms with Crippen LogP contribution in [0.5, 0.6) is 0 Å². The maximum absolute atomic E-state index is 10.7. The van der Waals surface area contributed by atoms with Crippen molar-refractivity contribution >= 4 is 22.6 Å². The van der Waals surface area contributed by atoms with E-state index in [-0.39, 0.29) is 0 Å². The van der Waals surface area contributed by atoms with Crippen molar-refractivity contribution < 1.29 is 5.11 Å². The fourth-order valence-electron chi connectivity index (χ4n) is 3.05. The summed E-state index contributed by atoms with van der Waals surface area (Å²) in [5.74, 6) is 0. The van der Waals surface area contributed by atoms with Crippen molar-refractivity contribution in [2.24, 2.45) is 0 Å². The number of aryl methyl sites for hydroxylation is 2. The van der Waals surface area contributed by atoms with Crippen molar-refractivity contribution in [2.75, 3.05) is 0 Å². The molecule has 1 unspecified atom stereocenters. The molecule has 0 fully saturated rings. The van der Waals surface area contributed by atoms with Crippen LogP contribution in [0.15, 0.2) is 67.1 Å². The quantitative estimate of drug-likeness (QED) is 0.549. The molecule has 5 heteroatoms. The Morgan fingerprint density at radius 1 is 1.00 bits per heavy atom. The number of benzene rings is 1. The van der Waals surface area contributed by atoms with E-state index in [2.05, 4.69) is 15.0 Å². The lowest BCUT2D eigenvalue weighted by Gasteiger charge is -2.10. The Balaban J connectivity index is 1.47. The number of aliphatic hydroxyl groups is 1. The van der Waals surface area contributed by atoms with Gasteiger partial charge in [0, 0.05) is 45.8 Å². The van der Waals surface area contributed by atoms with Crippen LogP contribution in [0.25, 0.3) is 11.0 Å². The van der Waals surface area contributed by atoms with E-state index in [9.17, 15) is 5.11 Å². The highest BCUT2D eigenvalue weighted by molar-refractivity contribution is 6.30. The number of halogens is 1. The number of nitrogens with one attached hydrogen (secondary N) is 1. The van der Waals surface area contributed by atoms with E-state index < -0.39 is 6.10 Å². The van der Waals surface area contributed by atoms with Gasteiger partial charge in [0.2, 0.25) is 0 Å². The third kappa shape index (κ3) is 3.47. The Kier molecular flexibility index (Phi) is 4.69. The number of aliphatic hydroxyl groups excluding tert-OH is 1. The third-order valence-electron chi connectivity index (χ3n) is 4.52. The lowest BCUT2D eigenvalue weighted by atomic mass is 10.0. The first-order valence-electron chi connectivity index (χ1n) is 8.50. The molecule has 130 valence electrons. The van der Waals surface area contributed by atoms with Crippen molar-refractivity contribution in [2.45, 2.75) is 18.9 Å². The molecule has 0 radical (unpaired) electrons. The Morgan fingerprint density at radius 2 is 1.85 bits per heavy atom. The number of H-pyrrole nitrogens is 1. The second kappa shape index (κ2) is 7.28. The molecule has 3 aromatic heterocycles. The lowest BCUT2D eigenvalue weighted by Crippen LogP contribution is -2.01. The van der Waals surface area contributed by atoms with E-state index in [1.165, 1.54) is 5.56 Å². The van der Waals surface area contributed by atoms with Crippen molar-refractivity contribution in [3.63, 3.8) is 0 Å². The van der Waals surface area contributed by atoms with Crippen molar-refractivity contribution in [3.8, 4) is 0 Å². The summed E-state index contributed by atoms with van der Waals surface area (Å²) in [6, 6.07) is 15.6. The topological polar surface area (TPSA) is 61.8 Å². The van der Waals surface area contributed by atoms with Gasteiger partial charge in [0.15, 0.2) is 0 Å². The van der Waals surface area contributed by atoms with Gasteiger partial charge in [0.1, 0.15) is 11.8 Å². The van der Waals surface area contributed by atoms with E-state index >= 15 is 0 Å². The van der Waals surface area contributed by atoms with Crippen molar-refractivity contribution in [1.82, 2.24) is 15.0 Å². The van der Waals surface area contributed by atoms with Crippen LogP contribution >= 0.6 is 11.6 Å². The van der Waals surface area contributed by atoms with Gasteiger partial charge in [-0.2, -0.15) is 0 Å². The number of hydrogen-bond donors (Lipinski definition) is 2. The first kappa shape index (κ1) is 16.8. The fourth-order valence-corrected chi connectivity index (χ4v) is 3.18. The SMILES string of the molecule is OC(c1ccc(CCc2ccc(Cl)cc2)nc1)c1c[nH]c2ncccc12. The van der Waals surface area contributed by atoms with Gasteiger partial charge in [-0.25, -0.2) is 4.98 Å². The van der Waals surface area contributed by atoms with Crippen LogP contribution in [-0.2, 0) is 12.8 Å². The average Bonchev–Trinajstić information content (AvgIpc) is 3.11. The van der Waals surface area contributed by atoms with Gasteiger partial charge in [0.25, 0.3) is 0 Å². The van der Waals surface area contributed by atoms with Crippen LogP contribution in [0.1, 0.15) is 28.5 Å². The Bertz CT molecular complexity index is 1010. The zero-order valence-corrected chi connectivity index (χ0v) is 14.8. The summed E-state index contributed by atoms with van der Waals surface area (Å²) in [7, 11) is 0. The van der Waals surface area contributed by atoms with E-state index in [1.807, 2.05) is 48.5 Å². The zero-order chi connectivity index (χ0) is 17.9. The molecule has 4 rings (SSSR count). The number of aromatic amines is 1. The molecule has 2 N–H and O–H groups in total. The van der Waals surface area contributed by atoms with E-state index in [0.29, 0.717) is 0 Å². The Morgan fingerprint density at radius 3 is 2.62 bits per heavy atom. The molecule has 0 aliphatic heterocycles. The van der Waals surface area contributed by atoms with Gasteiger partial charge < -0.3 is 10.1 Å². The van der Waals surface area contributed by atoms with Crippen LogP contribution in [0.3, 0.4) is 0 Å². The van der Waals surface area contributed by atoms with Gasteiger partial charge in [-0.05, 0) is 48.7 Å². The predicted molar refractivity (Wildman–Crippen MR) is 103 cm³/mol. The molecular weight excluding hydrogens is 346 g/mol. The van der Waals surface area contributed by atoms with Crippen molar-refractivity contribution in [1.29, 1.82) is 0 Å². The number of pyridine rings is 2. The van der Waals surface area contributed by atoms with Crippen molar-refractivity contribution in [3.05, 3.63) is 94.5 Å². The minimum Gasteiger partial charge on any atom is -0.384 e. The summed E-state index contributed by atoms with van der Waals surface area (Å²) in [6.45, 7) is 0. The third-order valence-corrected chi connectivity index (χ3v) is 4.78. The molecule has 1 atom stereocenters. The Hall–Kier alpha value is -2.69. The van der Waals surface area contributed by atoms with Gasteiger partial charge in [-0.3, -0.25) is 4.98 Å². The summed E-state index contributed by atoms with van der Waals surface area (Å²) in [4.78, 5) is 11.9. The summed E-state index contributed by atoms with van der Waals surface area (Å²) in [5, 5.41) is 12.4. The van der Waals surface area contributed by atoms with Crippen LogP contribution in [0, 0.1) is 0 Å². The van der Waals surface area contributed by atoms with Gasteiger partial charge in [-0.15, -0.1) is 0 Å². The highest BCUT2D eigenvalue weighted by Gasteiger charge is 2.15. The second-order valence-electron chi connectivity index (χ2n) is 6.26. The summed E-state index contributed by atoms with van der Waals surface area (Å²) in [6.07, 6.45) is 6.29. The monoisotopic (exact) mass is 363 g/mol. The van der Waals surface area contributed by atoms with E-state index in [4.69, 9.17) is 11.6 Å². The number of fused-ring (bicyclic) bond motifs is 1. The van der Waals surface area contributed by atoms with E-state index in [0.717, 1.165) is 45.7 Å². The molecule has 3 heterocycles. The molecule has 0 saturated heterocycles.